The Kier molecular flexibility index (Phi) is 12.9. The maximum Gasteiger partial charge on any atom is 0.304 e. The van der Waals surface area contributed by atoms with E-state index in [1.54, 1.807) is 11.8 Å². The monoisotopic (exact) mass is 193 g/mol. The molecule has 0 saturated heterocycles. The summed E-state index contributed by atoms with van der Waals surface area (Å²) in [5.74, 6) is 1.19. The number of rotatable bonds is 7. The van der Waals surface area contributed by atoms with Gasteiger partial charge in [-0.05, 0) is 12.2 Å². The van der Waals surface area contributed by atoms with Crippen molar-refractivity contribution in [2.24, 2.45) is 0 Å². The van der Waals surface area contributed by atoms with Gasteiger partial charge in [0.15, 0.2) is 0 Å². The van der Waals surface area contributed by atoms with E-state index in [-0.39, 0.29) is 6.15 Å². The second-order valence-corrected chi connectivity index (χ2v) is 3.69. The van der Waals surface area contributed by atoms with Crippen LogP contribution in [0.5, 0.6) is 0 Å². The number of hydrogen-bond donors (Lipinski definition) is 2. The predicted octanol–water partition coefficient (Wildman–Crippen LogP) is 2.55. The number of hydrogen-bond acceptors (Lipinski definition) is 3. The van der Waals surface area contributed by atoms with E-state index >= 15 is 0 Å². The van der Waals surface area contributed by atoms with Crippen LogP contribution in [0.25, 0.3) is 0 Å². The third-order valence-electron chi connectivity index (χ3n) is 1.35. The average molecular weight is 193 g/mol. The predicted molar refractivity (Wildman–Crippen MR) is 54.1 cm³/mol. The molecule has 0 fully saturated rings. The topological polar surface area (TPSA) is 72.3 Å². The molecule has 0 radical (unpaired) electrons. The van der Waals surface area contributed by atoms with Crippen LogP contribution < -0.4 is 6.15 Å². The standard InChI is InChI=1S/C8H16O2S.H3N/c1-2-3-4-6-11-7-5-8(9)10;/h2-7H2,1H3,(H,9,10);1H3. The van der Waals surface area contributed by atoms with Gasteiger partial charge in [-0.1, -0.05) is 19.8 Å². The van der Waals surface area contributed by atoms with Crippen LogP contribution in [-0.4, -0.2) is 22.6 Å². The van der Waals surface area contributed by atoms with E-state index < -0.39 is 5.97 Å². The van der Waals surface area contributed by atoms with Crippen molar-refractivity contribution in [1.29, 1.82) is 0 Å². The summed E-state index contributed by atoms with van der Waals surface area (Å²) in [4.78, 5) is 10.1. The summed E-state index contributed by atoms with van der Waals surface area (Å²) >= 11 is 1.74. The van der Waals surface area contributed by atoms with Crippen molar-refractivity contribution in [3.05, 3.63) is 0 Å². The Bertz CT molecular complexity index is 109. The molecule has 4 N–H and O–H groups in total. The van der Waals surface area contributed by atoms with Crippen LogP contribution in [0.1, 0.15) is 32.6 Å². The molecular formula is C8H19NO2S. The number of thioether (sulfide) groups is 1. The summed E-state index contributed by atoms with van der Waals surface area (Å²) in [7, 11) is 0. The fraction of sp³-hybridized carbons (Fsp3) is 0.875. The SMILES string of the molecule is CCCCCSCCC(=O)O.N. The first kappa shape index (κ1) is 14.3. The fourth-order valence-corrected chi connectivity index (χ4v) is 1.65. The Labute approximate surface area is 78.5 Å². The van der Waals surface area contributed by atoms with E-state index in [1.807, 2.05) is 0 Å². The minimum atomic E-state index is -0.687. The number of carboxylic acid groups (broad SMARTS) is 1. The normalized spacial score (nSPS) is 9.08. The second-order valence-electron chi connectivity index (χ2n) is 2.46. The van der Waals surface area contributed by atoms with Gasteiger partial charge >= 0.3 is 5.97 Å². The molecule has 0 heterocycles. The zero-order chi connectivity index (χ0) is 8.53. The van der Waals surface area contributed by atoms with Crippen molar-refractivity contribution in [3.8, 4) is 0 Å². The van der Waals surface area contributed by atoms with Gasteiger partial charge in [-0.2, -0.15) is 11.8 Å². The summed E-state index contributed by atoms with van der Waals surface area (Å²) in [5.41, 5.74) is 0. The molecule has 0 amide bonds. The maximum atomic E-state index is 10.1. The summed E-state index contributed by atoms with van der Waals surface area (Å²) in [6.07, 6.45) is 4.02. The van der Waals surface area contributed by atoms with Gasteiger partial charge in [0.2, 0.25) is 0 Å². The molecule has 0 spiro atoms. The number of aliphatic carboxylic acids is 1. The molecule has 0 aromatic rings. The van der Waals surface area contributed by atoms with E-state index in [2.05, 4.69) is 6.92 Å². The molecule has 74 valence electrons. The largest absolute Gasteiger partial charge is 0.481 e. The molecule has 0 unspecified atom stereocenters. The van der Waals surface area contributed by atoms with Gasteiger partial charge in [-0.3, -0.25) is 4.79 Å². The van der Waals surface area contributed by atoms with Crippen molar-refractivity contribution < 1.29 is 9.90 Å². The summed E-state index contributed by atoms with van der Waals surface area (Å²) in [5, 5.41) is 8.30. The highest BCUT2D eigenvalue weighted by Crippen LogP contribution is 2.07. The highest BCUT2D eigenvalue weighted by molar-refractivity contribution is 7.99. The van der Waals surface area contributed by atoms with E-state index in [1.165, 1.54) is 19.3 Å². The van der Waals surface area contributed by atoms with Crippen molar-refractivity contribution in [2.75, 3.05) is 11.5 Å². The highest BCUT2D eigenvalue weighted by Gasteiger charge is 1.95. The molecule has 0 saturated carbocycles. The molecule has 4 heteroatoms. The molecule has 0 aliphatic carbocycles. The Hall–Kier alpha value is -0.220. The molecule has 0 aromatic heterocycles. The van der Waals surface area contributed by atoms with E-state index in [0.29, 0.717) is 6.42 Å². The van der Waals surface area contributed by atoms with Crippen LogP contribution in [0, 0.1) is 0 Å². The maximum absolute atomic E-state index is 10.1. The number of carboxylic acids is 1. The molecule has 0 aliphatic rings. The highest BCUT2D eigenvalue weighted by atomic mass is 32.2. The van der Waals surface area contributed by atoms with Gasteiger partial charge in [0.05, 0.1) is 6.42 Å². The van der Waals surface area contributed by atoms with Crippen LogP contribution in [0.15, 0.2) is 0 Å². The van der Waals surface area contributed by atoms with Crippen LogP contribution in [-0.2, 0) is 4.79 Å². The minimum Gasteiger partial charge on any atom is -0.481 e. The molecule has 0 rings (SSSR count). The Morgan fingerprint density at radius 3 is 2.50 bits per heavy atom. The summed E-state index contributed by atoms with van der Waals surface area (Å²) in [6.45, 7) is 2.17. The fourth-order valence-electron chi connectivity index (χ4n) is 0.716. The van der Waals surface area contributed by atoms with Gasteiger partial charge in [-0.25, -0.2) is 0 Å². The lowest BCUT2D eigenvalue weighted by Crippen LogP contribution is -1.96. The Balaban J connectivity index is 0. The van der Waals surface area contributed by atoms with E-state index in [4.69, 9.17) is 5.11 Å². The third kappa shape index (κ3) is 12.5. The van der Waals surface area contributed by atoms with Gasteiger partial charge in [0.25, 0.3) is 0 Å². The first-order chi connectivity index (χ1) is 5.27. The van der Waals surface area contributed by atoms with Crippen LogP contribution in [0.2, 0.25) is 0 Å². The van der Waals surface area contributed by atoms with Crippen molar-refractivity contribution in [3.63, 3.8) is 0 Å². The van der Waals surface area contributed by atoms with Gasteiger partial charge < -0.3 is 11.3 Å². The van der Waals surface area contributed by atoms with E-state index in [9.17, 15) is 4.79 Å². The molecule has 3 nitrogen and oxygen atoms in total. The first-order valence-corrected chi connectivity index (χ1v) is 5.22. The second kappa shape index (κ2) is 10.8. The van der Waals surface area contributed by atoms with Gasteiger partial charge in [-0.15, -0.1) is 0 Å². The van der Waals surface area contributed by atoms with E-state index in [0.717, 1.165) is 11.5 Å². The first-order valence-electron chi connectivity index (χ1n) is 4.07. The summed E-state index contributed by atoms with van der Waals surface area (Å²) < 4.78 is 0. The number of carbonyl (C=O) groups is 1. The van der Waals surface area contributed by atoms with Crippen molar-refractivity contribution in [2.45, 2.75) is 32.6 Å². The Morgan fingerprint density at radius 2 is 2.00 bits per heavy atom. The minimum absolute atomic E-state index is 0. The molecule has 0 bridgehead atoms. The molecule has 0 aliphatic heterocycles. The lowest BCUT2D eigenvalue weighted by atomic mass is 10.3. The molecule has 0 atom stereocenters. The molecule has 12 heavy (non-hydrogen) atoms. The van der Waals surface area contributed by atoms with Crippen molar-refractivity contribution in [1.82, 2.24) is 6.15 Å². The number of unbranched alkanes of at least 4 members (excludes halogenated alkanes) is 2. The average Bonchev–Trinajstić information content (AvgIpc) is 1.96. The van der Waals surface area contributed by atoms with Crippen LogP contribution >= 0.6 is 11.8 Å². The molecule has 0 aromatic carbocycles. The lowest BCUT2D eigenvalue weighted by molar-refractivity contribution is -0.136. The lowest BCUT2D eigenvalue weighted by Gasteiger charge is -1.97. The smallest absolute Gasteiger partial charge is 0.304 e. The Morgan fingerprint density at radius 1 is 1.33 bits per heavy atom. The quantitative estimate of drug-likeness (QED) is 0.609. The van der Waals surface area contributed by atoms with Gasteiger partial charge in [0.1, 0.15) is 0 Å². The van der Waals surface area contributed by atoms with Crippen LogP contribution in [0.3, 0.4) is 0 Å². The van der Waals surface area contributed by atoms with Gasteiger partial charge in [0, 0.05) is 5.75 Å². The summed E-state index contributed by atoms with van der Waals surface area (Å²) in [6, 6.07) is 0. The van der Waals surface area contributed by atoms with Crippen molar-refractivity contribution >= 4 is 17.7 Å². The third-order valence-corrected chi connectivity index (χ3v) is 2.42. The zero-order valence-electron chi connectivity index (χ0n) is 7.71. The molecular weight excluding hydrogens is 174 g/mol. The zero-order valence-corrected chi connectivity index (χ0v) is 8.53. The van der Waals surface area contributed by atoms with Crippen LogP contribution in [0.4, 0.5) is 0 Å².